The highest BCUT2D eigenvalue weighted by Gasteiger charge is 2.17. The number of amides is 2. The second-order valence-corrected chi connectivity index (χ2v) is 4.24. The first-order valence-corrected chi connectivity index (χ1v) is 6.36. The van der Waals surface area contributed by atoms with Crippen LogP contribution in [0.1, 0.15) is 33.6 Å². The summed E-state index contributed by atoms with van der Waals surface area (Å²) in [6.45, 7) is 6.83. The van der Waals surface area contributed by atoms with Gasteiger partial charge in [-0.3, -0.25) is 4.79 Å². The molecule has 0 aliphatic carbocycles. The van der Waals surface area contributed by atoms with Gasteiger partial charge in [-0.2, -0.15) is 0 Å². The molecular formula is C12H24N2O4. The predicted octanol–water partition coefficient (Wildman–Crippen LogP) is 1.21. The third-order valence-electron chi connectivity index (χ3n) is 2.44. The number of rotatable bonds is 9. The van der Waals surface area contributed by atoms with Gasteiger partial charge >= 0.3 is 12.0 Å². The van der Waals surface area contributed by atoms with Crippen molar-refractivity contribution in [2.24, 2.45) is 5.92 Å². The fraction of sp³-hybridized carbons (Fsp3) is 0.833. The minimum Gasteiger partial charge on any atom is -0.481 e. The Hall–Kier alpha value is -1.30. The molecule has 2 atom stereocenters. The molecule has 2 unspecified atom stereocenters. The Morgan fingerprint density at radius 1 is 1.33 bits per heavy atom. The van der Waals surface area contributed by atoms with E-state index in [9.17, 15) is 9.59 Å². The first-order chi connectivity index (χ1) is 8.51. The smallest absolute Gasteiger partial charge is 0.315 e. The molecule has 0 saturated carbocycles. The Morgan fingerprint density at radius 3 is 2.50 bits per heavy atom. The van der Waals surface area contributed by atoms with Gasteiger partial charge in [0.1, 0.15) is 0 Å². The fourth-order valence-corrected chi connectivity index (χ4v) is 1.49. The van der Waals surface area contributed by atoms with Gasteiger partial charge in [-0.1, -0.05) is 13.3 Å². The largest absolute Gasteiger partial charge is 0.481 e. The zero-order valence-corrected chi connectivity index (χ0v) is 11.4. The maximum atomic E-state index is 11.5. The minimum absolute atomic E-state index is 0.0978. The summed E-state index contributed by atoms with van der Waals surface area (Å²) in [7, 11) is 0. The topological polar surface area (TPSA) is 87.7 Å². The Kier molecular flexibility index (Phi) is 9.00. The summed E-state index contributed by atoms with van der Waals surface area (Å²) in [5.41, 5.74) is 0. The van der Waals surface area contributed by atoms with Crippen LogP contribution in [0.4, 0.5) is 4.79 Å². The molecule has 0 bridgehead atoms. The van der Waals surface area contributed by atoms with E-state index >= 15 is 0 Å². The molecule has 0 spiro atoms. The molecule has 0 radical (unpaired) electrons. The molecule has 0 aliphatic heterocycles. The molecule has 0 aromatic carbocycles. The van der Waals surface area contributed by atoms with Crippen LogP contribution >= 0.6 is 0 Å². The van der Waals surface area contributed by atoms with Crippen molar-refractivity contribution in [2.45, 2.75) is 39.7 Å². The number of carboxylic acids is 1. The van der Waals surface area contributed by atoms with E-state index in [1.54, 1.807) is 0 Å². The third kappa shape index (κ3) is 7.89. The first kappa shape index (κ1) is 16.7. The summed E-state index contributed by atoms with van der Waals surface area (Å²) in [5.74, 6) is -1.40. The molecular weight excluding hydrogens is 236 g/mol. The van der Waals surface area contributed by atoms with E-state index in [1.165, 1.54) is 0 Å². The van der Waals surface area contributed by atoms with Crippen LogP contribution in [0, 0.1) is 5.92 Å². The lowest BCUT2D eigenvalue weighted by atomic mass is 10.0. The molecule has 0 rings (SSSR count). The molecule has 3 N–H and O–H groups in total. The van der Waals surface area contributed by atoms with Crippen LogP contribution in [0.3, 0.4) is 0 Å². The Morgan fingerprint density at radius 2 is 2.00 bits per heavy atom. The van der Waals surface area contributed by atoms with E-state index in [0.717, 1.165) is 6.42 Å². The number of carboxylic acid groups (broad SMARTS) is 1. The number of carbonyl (C=O) groups is 2. The zero-order chi connectivity index (χ0) is 14.0. The standard InChI is InChI=1S/C12H24N2O4/c1-4-6-10(11(15)16)7-13-12(17)14-9(3)8-18-5-2/h9-10H,4-8H2,1-3H3,(H,15,16)(H2,13,14,17). The van der Waals surface area contributed by atoms with Crippen LogP contribution in [0.15, 0.2) is 0 Å². The van der Waals surface area contributed by atoms with Crippen LogP contribution in [-0.4, -0.2) is 42.9 Å². The lowest BCUT2D eigenvalue weighted by Gasteiger charge is -2.16. The van der Waals surface area contributed by atoms with Crippen LogP contribution in [0.5, 0.6) is 0 Å². The van der Waals surface area contributed by atoms with Crippen molar-refractivity contribution in [1.82, 2.24) is 10.6 Å². The van der Waals surface area contributed by atoms with Crippen LogP contribution < -0.4 is 10.6 Å². The first-order valence-electron chi connectivity index (χ1n) is 6.36. The van der Waals surface area contributed by atoms with Crippen LogP contribution in [0.2, 0.25) is 0 Å². The number of ether oxygens (including phenoxy) is 1. The lowest BCUT2D eigenvalue weighted by Crippen LogP contribution is -2.45. The van der Waals surface area contributed by atoms with E-state index in [1.807, 2.05) is 20.8 Å². The van der Waals surface area contributed by atoms with Crippen molar-refractivity contribution in [1.29, 1.82) is 0 Å². The molecule has 0 aromatic rings. The molecule has 106 valence electrons. The Balaban J connectivity index is 3.89. The molecule has 2 amide bonds. The highest BCUT2D eigenvalue weighted by atomic mass is 16.5. The van der Waals surface area contributed by atoms with Crippen molar-refractivity contribution >= 4 is 12.0 Å². The molecule has 0 saturated heterocycles. The van der Waals surface area contributed by atoms with Crippen LogP contribution in [0.25, 0.3) is 0 Å². The summed E-state index contributed by atoms with van der Waals surface area (Å²) >= 11 is 0. The second-order valence-electron chi connectivity index (χ2n) is 4.24. The van der Waals surface area contributed by atoms with Gasteiger partial charge in [0.15, 0.2) is 0 Å². The van der Waals surface area contributed by atoms with Gasteiger partial charge in [0.05, 0.1) is 18.6 Å². The molecule has 6 nitrogen and oxygen atoms in total. The van der Waals surface area contributed by atoms with E-state index in [-0.39, 0.29) is 18.6 Å². The van der Waals surface area contributed by atoms with Crippen molar-refractivity contribution in [3.05, 3.63) is 0 Å². The van der Waals surface area contributed by atoms with Crippen LogP contribution in [-0.2, 0) is 9.53 Å². The maximum Gasteiger partial charge on any atom is 0.315 e. The fourth-order valence-electron chi connectivity index (χ4n) is 1.49. The molecule has 0 fully saturated rings. The van der Waals surface area contributed by atoms with Crippen molar-refractivity contribution in [3.8, 4) is 0 Å². The summed E-state index contributed by atoms with van der Waals surface area (Å²) in [5, 5.41) is 14.2. The lowest BCUT2D eigenvalue weighted by molar-refractivity contribution is -0.141. The highest BCUT2D eigenvalue weighted by molar-refractivity contribution is 5.76. The molecule has 0 aromatic heterocycles. The highest BCUT2D eigenvalue weighted by Crippen LogP contribution is 2.04. The summed E-state index contributed by atoms with van der Waals surface area (Å²) < 4.78 is 5.16. The van der Waals surface area contributed by atoms with Crippen molar-refractivity contribution < 1.29 is 19.4 Å². The van der Waals surface area contributed by atoms with Gasteiger partial charge < -0.3 is 20.5 Å². The van der Waals surface area contributed by atoms with Gasteiger partial charge in [-0.25, -0.2) is 4.79 Å². The summed E-state index contributed by atoms with van der Waals surface area (Å²) in [6.07, 6.45) is 1.34. The molecule has 6 heteroatoms. The quantitative estimate of drug-likeness (QED) is 0.581. The monoisotopic (exact) mass is 260 g/mol. The number of aliphatic carboxylic acids is 1. The second kappa shape index (κ2) is 9.70. The van der Waals surface area contributed by atoms with E-state index < -0.39 is 11.9 Å². The van der Waals surface area contributed by atoms with Gasteiger partial charge in [0, 0.05) is 13.2 Å². The number of nitrogens with one attached hydrogen (secondary N) is 2. The number of carbonyl (C=O) groups excluding carboxylic acids is 1. The van der Waals surface area contributed by atoms with Crippen molar-refractivity contribution in [2.75, 3.05) is 19.8 Å². The van der Waals surface area contributed by atoms with Gasteiger partial charge in [0.25, 0.3) is 0 Å². The minimum atomic E-state index is -0.875. The normalized spacial score (nSPS) is 13.7. The average molecular weight is 260 g/mol. The van der Waals surface area contributed by atoms with E-state index in [0.29, 0.717) is 19.6 Å². The van der Waals surface area contributed by atoms with E-state index in [4.69, 9.17) is 9.84 Å². The Bertz CT molecular complexity index is 258. The van der Waals surface area contributed by atoms with Gasteiger partial charge in [-0.05, 0) is 20.3 Å². The summed E-state index contributed by atoms with van der Waals surface area (Å²) in [4.78, 5) is 22.4. The number of hydrogen-bond acceptors (Lipinski definition) is 3. The van der Waals surface area contributed by atoms with Gasteiger partial charge in [-0.15, -0.1) is 0 Å². The third-order valence-corrected chi connectivity index (χ3v) is 2.44. The number of hydrogen-bond donors (Lipinski definition) is 3. The molecule has 0 aliphatic rings. The van der Waals surface area contributed by atoms with E-state index in [2.05, 4.69) is 10.6 Å². The van der Waals surface area contributed by atoms with Gasteiger partial charge in [0.2, 0.25) is 0 Å². The zero-order valence-electron chi connectivity index (χ0n) is 11.4. The number of urea groups is 1. The Labute approximate surface area is 108 Å². The van der Waals surface area contributed by atoms with Crippen molar-refractivity contribution in [3.63, 3.8) is 0 Å². The maximum absolute atomic E-state index is 11.5. The summed E-state index contributed by atoms with van der Waals surface area (Å²) in [6, 6.07) is -0.455. The molecule has 18 heavy (non-hydrogen) atoms. The average Bonchev–Trinajstić information content (AvgIpc) is 2.31. The predicted molar refractivity (Wildman–Crippen MR) is 68.5 cm³/mol. The SMILES string of the molecule is CCCC(CNC(=O)NC(C)COCC)C(=O)O. The molecule has 0 heterocycles.